The second kappa shape index (κ2) is 10.6. The first-order valence-electron chi connectivity index (χ1n) is 9.08. The molecule has 3 rings (SSSR count). The molecular weight excluding hydrogens is 391 g/mol. The number of hydrogen-bond donors (Lipinski definition) is 4. The third-order valence-electron chi connectivity index (χ3n) is 4.01. The van der Waals surface area contributed by atoms with Gasteiger partial charge in [0.05, 0.1) is 23.7 Å². The molecular formula is C21H23FN4O4. The maximum atomic E-state index is 12.9. The number of halogens is 1. The van der Waals surface area contributed by atoms with E-state index in [1.165, 1.54) is 25.3 Å². The summed E-state index contributed by atoms with van der Waals surface area (Å²) in [6.07, 6.45) is 3.49. The van der Waals surface area contributed by atoms with Crippen molar-refractivity contribution in [3.8, 4) is 5.75 Å². The third kappa shape index (κ3) is 5.57. The van der Waals surface area contributed by atoms with Gasteiger partial charge in [0.25, 0.3) is 0 Å². The molecule has 30 heavy (non-hydrogen) atoms. The summed E-state index contributed by atoms with van der Waals surface area (Å²) in [7, 11) is 3.01. The van der Waals surface area contributed by atoms with Gasteiger partial charge in [-0.05, 0) is 42.8 Å². The largest absolute Gasteiger partial charge is 0.495 e. The number of carboxylic acids is 1. The van der Waals surface area contributed by atoms with Crippen molar-refractivity contribution in [1.29, 1.82) is 0 Å². The maximum absolute atomic E-state index is 12.9. The molecule has 0 fully saturated rings. The van der Waals surface area contributed by atoms with Crippen LogP contribution in [0.15, 0.2) is 36.4 Å². The van der Waals surface area contributed by atoms with Crippen LogP contribution < -0.4 is 15.4 Å². The lowest BCUT2D eigenvalue weighted by Gasteiger charge is -2.06. The van der Waals surface area contributed by atoms with Crippen LogP contribution in [0, 0.1) is 5.82 Å². The fourth-order valence-corrected chi connectivity index (χ4v) is 2.61. The summed E-state index contributed by atoms with van der Waals surface area (Å²) in [6, 6.07) is 9.00. The van der Waals surface area contributed by atoms with E-state index in [2.05, 4.69) is 20.8 Å². The molecule has 1 aromatic heterocycles. The molecule has 0 aliphatic rings. The molecule has 3 aromatic rings. The minimum absolute atomic E-state index is 0.0674. The highest BCUT2D eigenvalue weighted by Crippen LogP contribution is 2.32. The molecule has 2 amide bonds. The number of rotatable bonds is 5. The van der Waals surface area contributed by atoms with Gasteiger partial charge in [0.1, 0.15) is 17.1 Å². The molecule has 0 spiro atoms. The van der Waals surface area contributed by atoms with Crippen molar-refractivity contribution in [2.45, 2.75) is 6.92 Å². The number of nitrogens with one attached hydrogen (secondary N) is 3. The van der Waals surface area contributed by atoms with Gasteiger partial charge in [-0.3, -0.25) is 5.10 Å². The maximum Gasteiger partial charge on any atom is 0.339 e. The Balaban J connectivity index is 0.000000396. The number of carbonyl (C=O) groups is 2. The number of urea groups is 1. The Labute approximate surface area is 172 Å². The summed E-state index contributed by atoms with van der Waals surface area (Å²) in [5.74, 6) is -1.12. The van der Waals surface area contributed by atoms with Gasteiger partial charge in [-0.15, -0.1) is 0 Å². The van der Waals surface area contributed by atoms with Crippen molar-refractivity contribution in [1.82, 2.24) is 20.8 Å². The van der Waals surface area contributed by atoms with E-state index in [1.807, 2.05) is 6.92 Å². The van der Waals surface area contributed by atoms with E-state index >= 15 is 0 Å². The molecule has 0 atom stereocenters. The lowest BCUT2D eigenvalue weighted by Crippen LogP contribution is -2.32. The van der Waals surface area contributed by atoms with E-state index in [0.29, 0.717) is 23.1 Å². The second-order valence-electron chi connectivity index (χ2n) is 5.98. The van der Waals surface area contributed by atoms with Crippen molar-refractivity contribution < 1.29 is 23.8 Å². The number of ether oxygens (including phenoxy) is 1. The van der Waals surface area contributed by atoms with Crippen LogP contribution >= 0.6 is 0 Å². The molecule has 4 N–H and O–H groups in total. The summed E-state index contributed by atoms with van der Waals surface area (Å²) in [5.41, 5.74) is 2.09. The second-order valence-corrected chi connectivity index (χ2v) is 5.98. The van der Waals surface area contributed by atoms with Crippen LogP contribution in [0.2, 0.25) is 0 Å². The first kappa shape index (κ1) is 22.4. The van der Waals surface area contributed by atoms with Crippen LogP contribution in [0.3, 0.4) is 0 Å². The highest BCUT2D eigenvalue weighted by Gasteiger charge is 2.17. The number of hydrogen-bond acceptors (Lipinski definition) is 4. The molecule has 0 saturated carbocycles. The van der Waals surface area contributed by atoms with E-state index in [1.54, 1.807) is 37.4 Å². The minimum Gasteiger partial charge on any atom is -0.495 e. The molecule has 0 bridgehead atoms. The molecule has 158 valence electrons. The molecule has 8 nitrogen and oxygen atoms in total. The normalized spacial score (nSPS) is 10.4. The third-order valence-corrected chi connectivity index (χ3v) is 4.01. The minimum atomic E-state index is -1.07. The number of fused-ring (bicyclic) bond motifs is 1. The number of aromatic carboxylic acids is 1. The van der Waals surface area contributed by atoms with Crippen molar-refractivity contribution in [3.05, 3.63) is 59.0 Å². The van der Waals surface area contributed by atoms with E-state index < -0.39 is 5.97 Å². The summed E-state index contributed by atoms with van der Waals surface area (Å²) >= 11 is 0. The standard InChI is InChI=1S/C17H13FN2O3.C4H10N2O/c1-23-16-12(17(21)22)7-9-14-15(16)13(19-20-14)8-4-10-2-5-11(18)6-3-10;1-3-6-4(7)5-2/h2-9H,1H3,(H,19,20)(H,21,22);3H2,1-2H3,(H2,5,6,7)/b8-4+;. The van der Waals surface area contributed by atoms with Gasteiger partial charge in [-0.25, -0.2) is 14.0 Å². The Bertz CT molecular complexity index is 1050. The van der Waals surface area contributed by atoms with Gasteiger partial charge in [0, 0.05) is 13.6 Å². The van der Waals surface area contributed by atoms with Gasteiger partial charge in [0.2, 0.25) is 0 Å². The first-order chi connectivity index (χ1) is 14.4. The predicted molar refractivity (Wildman–Crippen MR) is 113 cm³/mol. The summed E-state index contributed by atoms with van der Waals surface area (Å²) in [6.45, 7) is 2.55. The molecule has 1 heterocycles. The number of benzene rings is 2. The fourth-order valence-electron chi connectivity index (χ4n) is 2.61. The van der Waals surface area contributed by atoms with Gasteiger partial charge in [-0.1, -0.05) is 18.2 Å². The zero-order valence-electron chi connectivity index (χ0n) is 16.8. The van der Waals surface area contributed by atoms with Crippen molar-refractivity contribution in [3.63, 3.8) is 0 Å². The average Bonchev–Trinajstić information content (AvgIpc) is 3.16. The Morgan fingerprint density at radius 2 is 1.90 bits per heavy atom. The Kier molecular flexibility index (Phi) is 7.92. The summed E-state index contributed by atoms with van der Waals surface area (Å²) in [4.78, 5) is 21.5. The number of carbonyl (C=O) groups excluding carboxylic acids is 1. The number of amides is 2. The van der Waals surface area contributed by atoms with E-state index in [4.69, 9.17) is 4.74 Å². The van der Waals surface area contributed by atoms with Gasteiger partial charge in [-0.2, -0.15) is 5.10 Å². The highest BCUT2D eigenvalue weighted by atomic mass is 19.1. The number of methoxy groups -OCH3 is 1. The van der Waals surface area contributed by atoms with Gasteiger partial charge >= 0.3 is 12.0 Å². The lowest BCUT2D eigenvalue weighted by atomic mass is 10.1. The molecule has 9 heteroatoms. The molecule has 0 aliphatic heterocycles. The number of aromatic amines is 1. The van der Waals surface area contributed by atoms with Gasteiger partial charge < -0.3 is 20.5 Å². The smallest absolute Gasteiger partial charge is 0.339 e. The van der Waals surface area contributed by atoms with Crippen molar-refractivity contribution >= 4 is 35.1 Å². The lowest BCUT2D eigenvalue weighted by molar-refractivity contribution is 0.0693. The van der Waals surface area contributed by atoms with E-state index in [0.717, 1.165) is 5.56 Å². The van der Waals surface area contributed by atoms with Crippen LogP contribution in [0.4, 0.5) is 9.18 Å². The number of carboxylic acid groups (broad SMARTS) is 1. The molecule has 0 radical (unpaired) electrons. The van der Waals surface area contributed by atoms with Crippen LogP contribution in [0.5, 0.6) is 5.75 Å². The first-order valence-corrected chi connectivity index (χ1v) is 9.08. The number of H-pyrrole nitrogens is 1. The van der Waals surface area contributed by atoms with Crippen LogP contribution in [0.25, 0.3) is 23.1 Å². The quantitative estimate of drug-likeness (QED) is 0.510. The van der Waals surface area contributed by atoms with Crippen molar-refractivity contribution in [2.24, 2.45) is 0 Å². The average molecular weight is 414 g/mol. The molecule has 2 aromatic carbocycles. The van der Waals surface area contributed by atoms with E-state index in [-0.39, 0.29) is 23.2 Å². The molecule has 0 aliphatic carbocycles. The van der Waals surface area contributed by atoms with Crippen LogP contribution in [0.1, 0.15) is 28.5 Å². The fraction of sp³-hybridized carbons (Fsp3) is 0.190. The predicted octanol–water partition coefficient (Wildman–Crippen LogP) is 3.51. The molecule has 0 saturated heterocycles. The summed E-state index contributed by atoms with van der Waals surface area (Å²) in [5, 5.41) is 21.8. The monoisotopic (exact) mass is 414 g/mol. The number of nitrogens with zero attached hydrogens (tertiary/aromatic N) is 1. The van der Waals surface area contributed by atoms with Crippen molar-refractivity contribution in [2.75, 3.05) is 20.7 Å². The zero-order valence-corrected chi connectivity index (χ0v) is 16.8. The molecule has 0 unspecified atom stereocenters. The Hall–Kier alpha value is -3.88. The topological polar surface area (TPSA) is 116 Å². The highest BCUT2D eigenvalue weighted by molar-refractivity contribution is 6.02. The SMILES string of the molecule is CCNC(=O)NC.COc1c(C(=O)O)ccc2[nH]nc(/C=C/c3ccc(F)cc3)c12. The zero-order chi connectivity index (χ0) is 22.1. The van der Waals surface area contributed by atoms with Gasteiger partial charge in [0.15, 0.2) is 0 Å². The Morgan fingerprint density at radius 3 is 2.43 bits per heavy atom. The van der Waals surface area contributed by atoms with Crippen LogP contribution in [-0.2, 0) is 0 Å². The van der Waals surface area contributed by atoms with E-state index in [9.17, 15) is 19.1 Å². The van der Waals surface area contributed by atoms with Crippen LogP contribution in [-0.4, -0.2) is 48.0 Å². The Morgan fingerprint density at radius 1 is 1.20 bits per heavy atom. The summed E-state index contributed by atoms with van der Waals surface area (Å²) < 4.78 is 18.2. The number of aromatic nitrogens is 2.